The topological polar surface area (TPSA) is 90.9 Å². The number of carbonyl (C=O) groups is 1. The molecule has 3 rings (SSSR count). The van der Waals surface area contributed by atoms with Crippen LogP contribution in [0.1, 0.15) is 45.4 Å². The summed E-state index contributed by atoms with van der Waals surface area (Å²) in [5.41, 5.74) is 0. The maximum Gasteiger partial charge on any atom is 0.327 e. The molecule has 2 aromatic rings. The van der Waals surface area contributed by atoms with Crippen LogP contribution in [0, 0.1) is 5.92 Å². The van der Waals surface area contributed by atoms with E-state index in [9.17, 15) is 13.2 Å². The van der Waals surface area contributed by atoms with E-state index in [2.05, 4.69) is 5.32 Å². The van der Waals surface area contributed by atoms with Crippen molar-refractivity contribution in [1.29, 1.82) is 0 Å². The fraction of sp³-hybridized carbons (Fsp3) is 0.519. The van der Waals surface area contributed by atoms with Crippen molar-refractivity contribution < 1.29 is 27.4 Å². The van der Waals surface area contributed by atoms with Crippen LogP contribution in [0.2, 0.25) is 0 Å². The molecule has 1 fully saturated rings. The Morgan fingerprint density at radius 1 is 1.06 bits per heavy atom. The first kappa shape index (κ1) is 27.0. The monoisotopic (exact) mass is 503 g/mol. The summed E-state index contributed by atoms with van der Waals surface area (Å²) in [5, 5.41) is 3.35. The zero-order chi connectivity index (χ0) is 25.2. The van der Waals surface area contributed by atoms with Crippen LogP contribution < -0.4 is 14.8 Å². The lowest BCUT2D eigenvalue weighted by Crippen LogP contribution is -2.50. The minimum Gasteiger partial charge on any atom is -0.497 e. The van der Waals surface area contributed by atoms with Crippen LogP contribution in [0.5, 0.6) is 11.5 Å². The molecule has 192 valence electrons. The van der Waals surface area contributed by atoms with Gasteiger partial charge in [0.15, 0.2) is 14.6 Å². The van der Waals surface area contributed by atoms with Gasteiger partial charge in [0, 0.05) is 0 Å². The van der Waals surface area contributed by atoms with E-state index in [-0.39, 0.29) is 30.3 Å². The SMILES string of the molecule is CCOC(=O)C(CCCCOc1ccccc1)(CC1CCCNC1)S(=O)(=O)c1ccc(OC)cc1. The lowest BCUT2D eigenvalue weighted by Gasteiger charge is -2.36. The Morgan fingerprint density at radius 3 is 2.43 bits per heavy atom. The van der Waals surface area contributed by atoms with Gasteiger partial charge in [-0.25, -0.2) is 8.42 Å². The number of rotatable bonds is 13. The number of ether oxygens (including phenoxy) is 3. The smallest absolute Gasteiger partial charge is 0.327 e. The molecule has 2 atom stereocenters. The predicted octanol–water partition coefficient (Wildman–Crippen LogP) is 4.41. The van der Waals surface area contributed by atoms with Crippen molar-refractivity contribution in [2.24, 2.45) is 5.92 Å². The molecule has 1 heterocycles. The summed E-state index contributed by atoms with van der Waals surface area (Å²) in [6.45, 7) is 3.87. The Kier molecular flexibility index (Phi) is 9.98. The highest BCUT2D eigenvalue weighted by atomic mass is 32.2. The number of para-hydroxylation sites is 1. The summed E-state index contributed by atoms with van der Waals surface area (Å²) < 4.78 is 43.0. The number of hydrogen-bond donors (Lipinski definition) is 1. The van der Waals surface area contributed by atoms with Crippen molar-refractivity contribution in [2.45, 2.75) is 55.1 Å². The molecule has 0 amide bonds. The van der Waals surface area contributed by atoms with E-state index in [0.717, 1.165) is 25.1 Å². The quantitative estimate of drug-likeness (QED) is 0.320. The van der Waals surface area contributed by atoms with Gasteiger partial charge in [-0.2, -0.15) is 0 Å². The van der Waals surface area contributed by atoms with Gasteiger partial charge in [-0.05, 0) is 101 Å². The van der Waals surface area contributed by atoms with Gasteiger partial charge in [-0.1, -0.05) is 18.2 Å². The van der Waals surface area contributed by atoms with Crippen LogP contribution >= 0.6 is 0 Å². The molecule has 0 radical (unpaired) electrons. The minimum atomic E-state index is -4.05. The van der Waals surface area contributed by atoms with Crippen LogP contribution in [-0.2, 0) is 19.4 Å². The third-order valence-electron chi connectivity index (χ3n) is 6.54. The van der Waals surface area contributed by atoms with Crippen molar-refractivity contribution in [3.8, 4) is 11.5 Å². The van der Waals surface area contributed by atoms with E-state index >= 15 is 0 Å². The maximum atomic E-state index is 14.1. The van der Waals surface area contributed by atoms with Crippen molar-refractivity contribution in [1.82, 2.24) is 5.32 Å². The molecule has 0 aromatic heterocycles. The fourth-order valence-electron chi connectivity index (χ4n) is 4.67. The summed E-state index contributed by atoms with van der Waals surface area (Å²) in [5.74, 6) is 0.732. The molecule has 8 heteroatoms. The number of esters is 1. The maximum absolute atomic E-state index is 14.1. The van der Waals surface area contributed by atoms with Crippen LogP contribution in [0.3, 0.4) is 0 Å². The third kappa shape index (κ3) is 6.76. The molecule has 0 spiro atoms. The van der Waals surface area contributed by atoms with Crippen LogP contribution in [0.25, 0.3) is 0 Å². The number of hydrogen-bond acceptors (Lipinski definition) is 7. The molecule has 0 bridgehead atoms. The van der Waals surface area contributed by atoms with Gasteiger partial charge in [0.2, 0.25) is 0 Å². The Hall–Kier alpha value is -2.58. The molecular formula is C27H37NO6S. The highest BCUT2D eigenvalue weighted by Gasteiger charge is 2.53. The van der Waals surface area contributed by atoms with Crippen molar-refractivity contribution in [3.05, 3.63) is 54.6 Å². The highest BCUT2D eigenvalue weighted by Crippen LogP contribution is 2.39. The lowest BCUT2D eigenvalue weighted by molar-refractivity contribution is -0.147. The van der Waals surface area contributed by atoms with E-state index in [1.165, 1.54) is 19.2 Å². The number of benzene rings is 2. The molecular weight excluding hydrogens is 466 g/mol. The molecule has 2 unspecified atom stereocenters. The molecule has 35 heavy (non-hydrogen) atoms. The van der Waals surface area contributed by atoms with Crippen molar-refractivity contribution >= 4 is 15.8 Å². The van der Waals surface area contributed by atoms with Crippen molar-refractivity contribution in [3.63, 3.8) is 0 Å². The summed E-state index contributed by atoms with van der Waals surface area (Å²) in [4.78, 5) is 13.6. The Morgan fingerprint density at radius 2 is 1.80 bits per heavy atom. The molecule has 1 N–H and O–H groups in total. The van der Waals surface area contributed by atoms with Crippen LogP contribution in [-0.4, -0.2) is 52.5 Å². The zero-order valence-corrected chi connectivity index (χ0v) is 21.5. The predicted molar refractivity (Wildman–Crippen MR) is 136 cm³/mol. The molecule has 1 aliphatic rings. The number of piperidine rings is 1. The van der Waals surface area contributed by atoms with E-state index in [4.69, 9.17) is 14.2 Å². The molecule has 2 aromatic carbocycles. The lowest BCUT2D eigenvalue weighted by atomic mass is 9.85. The van der Waals surface area contributed by atoms with Crippen molar-refractivity contribution in [2.75, 3.05) is 33.4 Å². The molecule has 0 saturated carbocycles. The van der Waals surface area contributed by atoms with E-state index in [1.807, 2.05) is 30.3 Å². The van der Waals surface area contributed by atoms with Gasteiger partial charge in [0.25, 0.3) is 0 Å². The van der Waals surface area contributed by atoms with Gasteiger partial charge < -0.3 is 19.5 Å². The highest BCUT2D eigenvalue weighted by molar-refractivity contribution is 7.93. The number of methoxy groups -OCH3 is 1. The molecule has 1 aliphatic heterocycles. The second kappa shape index (κ2) is 12.9. The van der Waals surface area contributed by atoms with Gasteiger partial charge in [0.1, 0.15) is 11.5 Å². The Balaban J connectivity index is 1.87. The molecule has 7 nitrogen and oxygen atoms in total. The Bertz CT molecular complexity index is 1020. The second-order valence-electron chi connectivity index (χ2n) is 8.93. The minimum absolute atomic E-state index is 0.0711. The average Bonchev–Trinajstić information content (AvgIpc) is 2.89. The number of sulfone groups is 1. The molecule has 0 aliphatic carbocycles. The number of carbonyl (C=O) groups excluding carboxylic acids is 1. The van der Waals surface area contributed by atoms with E-state index in [0.29, 0.717) is 31.7 Å². The van der Waals surface area contributed by atoms with Gasteiger partial charge >= 0.3 is 5.97 Å². The number of nitrogens with one attached hydrogen (secondary N) is 1. The van der Waals surface area contributed by atoms with Crippen LogP contribution in [0.4, 0.5) is 0 Å². The third-order valence-corrected chi connectivity index (χ3v) is 8.99. The summed E-state index contributed by atoms with van der Waals surface area (Å²) in [7, 11) is -2.52. The van der Waals surface area contributed by atoms with Gasteiger partial charge in [-0.15, -0.1) is 0 Å². The first-order valence-corrected chi connectivity index (χ1v) is 13.9. The fourth-order valence-corrected chi connectivity index (χ4v) is 6.76. The largest absolute Gasteiger partial charge is 0.497 e. The zero-order valence-electron chi connectivity index (χ0n) is 20.7. The number of unbranched alkanes of at least 4 members (excludes halogenated alkanes) is 1. The van der Waals surface area contributed by atoms with E-state index < -0.39 is 20.6 Å². The summed E-state index contributed by atoms with van der Waals surface area (Å²) in [6, 6.07) is 15.7. The average molecular weight is 504 g/mol. The first-order valence-electron chi connectivity index (χ1n) is 12.4. The molecule has 1 saturated heterocycles. The van der Waals surface area contributed by atoms with Gasteiger partial charge in [0.05, 0.1) is 25.2 Å². The van der Waals surface area contributed by atoms with Crippen LogP contribution in [0.15, 0.2) is 59.5 Å². The standard InChI is InChI=1S/C27H37NO6S/c1-3-33-26(29)27(20-22-10-9-18-28-21-22,17-7-8-19-34-24-11-5-4-6-12-24)35(30,31)25-15-13-23(32-2)14-16-25/h4-6,11-16,22,28H,3,7-10,17-21H2,1-2H3. The first-order chi connectivity index (χ1) is 16.9. The summed E-state index contributed by atoms with van der Waals surface area (Å²) >= 11 is 0. The summed E-state index contributed by atoms with van der Waals surface area (Å²) in [6.07, 6.45) is 3.38. The normalized spacial score (nSPS) is 17.8. The Labute approximate surface area is 209 Å². The second-order valence-corrected chi connectivity index (χ2v) is 11.2. The van der Waals surface area contributed by atoms with E-state index in [1.54, 1.807) is 19.1 Å². The van der Waals surface area contributed by atoms with Gasteiger partial charge in [-0.3, -0.25) is 4.79 Å².